The number of aliphatic hydroxyl groups excluding tert-OH is 1. The number of aliphatic carboxylic acids is 1. The number of benzene rings is 1. The van der Waals surface area contributed by atoms with Gasteiger partial charge in [-0.1, -0.05) is 0 Å². The van der Waals surface area contributed by atoms with Crippen molar-refractivity contribution in [2.75, 3.05) is 14.2 Å². The van der Waals surface area contributed by atoms with E-state index in [0.29, 0.717) is 0 Å². The van der Waals surface area contributed by atoms with E-state index in [1.165, 1.54) is 40.2 Å². The lowest BCUT2D eigenvalue weighted by Gasteiger charge is -2.23. The summed E-state index contributed by atoms with van der Waals surface area (Å²) in [6, 6.07) is 2.61. The number of hydrogen-bond donors (Lipinski definition) is 2. The van der Waals surface area contributed by atoms with Crippen LogP contribution in [0, 0.1) is 0 Å². The summed E-state index contributed by atoms with van der Waals surface area (Å²) in [4.78, 5) is 10.9. The van der Waals surface area contributed by atoms with Crippen LogP contribution < -0.4 is 9.47 Å². The van der Waals surface area contributed by atoms with Crippen molar-refractivity contribution in [3.63, 3.8) is 0 Å². The lowest BCUT2D eigenvalue weighted by Crippen LogP contribution is -2.19. The van der Waals surface area contributed by atoms with Crippen LogP contribution in [0.4, 0.5) is 4.39 Å². The van der Waals surface area contributed by atoms with E-state index in [-0.39, 0.29) is 22.6 Å². The third kappa shape index (κ3) is 3.14. The highest BCUT2D eigenvalue weighted by Gasteiger charge is 2.30. The van der Waals surface area contributed by atoms with Gasteiger partial charge in [-0.3, -0.25) is 0 Å². The maximum absolute atomic E-state index is 14.2. The van der Waals surface area contributed by atoms with Gasteiger partial charge in [-0.05, 0) is 31.5 Å². The maximum Gasteiger partial charge on any atom is 0.337 e. The molecule has 5 nitrogen and oxygen atoms in total. The van der Waals surface area contributed by atoms with Gasteiger partial charge in [0.15, 0.2) is 17.6 Å². The number of hydrogen-bond acceptors (Lipinski definition) is 4. The van der Waals surface area contributed by atoms with Gasteiger partial charge in [0, 0.05) is 5.56 Å². The van der Waals surface area contributed by atoms with Crippen LogP contribution >= 0.6 is 0 Å². The summed E-state index contributed by atoms with van der Waals surface area (Å²) < 4.78 is 24.2. The summed E-state index contributed by atoms with van der Waals surface area (Å²) >= 11 is 0. The lowest BCUT2D eigenvalue weighted by molar-refractivity contribution is -0.147. The monoisotopic (exact) mass is 272 g/mol. The standard InChI is InChI=1S/C13H17FO5/c1-13(2,14)8-6-10(19-4)9(18-3)5-7(8)11(15)12(16)17/h5-6,11,15H,1-4H3,(H,16,17). The van der Waals surface area contributed by atoms with E-state index in [0.717, 1.165) is 0 Å². The molecule has 0 saturated carbocycles. The molecule has 0 aromatic heterocycles. The summed E-state index contributed by atoms with van der Waals surface area (Å²) in [6.45, 7) is 2.54. The van der Waals surface area contributed by atoms with Gasteiger partial charge in [0.25, 0.3) is 0 Å². The molecular formula is C13H17FO5. The first kappa shape index (κ1) is 15.2. The number of carboxylic acids is 1. The Hall–Kier alpha value is -1.82. The van der Waals surface area contributed by atoms with Gasteiger partial charge in [-0.25, -0.2) is 9.18 Å². The molecule has 0 aliphatic heterocycles. The van der Waals surface area contributed by atoms with E-state index in [9.17, 15) is 14.3 Å². The van der Waals surface area contributed by atoms with Crippen LogP contribution in [0.25, 0.3) is 0 Å². The molecule has 0 radical (unpaired) electrons. The summed E-state index contributed by atoms with van der Waals surface area (Å²) in [6.07, 6.45) is -1.83. The second kappa shape index (κ2) is 5.44. The molecule has 1 aromatic carbocycles. The van der Waals surface area contributed by atoms with Gasteiger partial charge in [0.05, 0.1) is 14.2 Å². The van der Waals surface area contributed by atoms with Gasteiger partial charge >= 0.3 is 5.97 Å². The SMILES string of the molecule is COc1cc(C(O)C(=O)O)c(C(C)(C)F)cc1OC. The molecule has 1 atom stereocenters. The van der Waals surface area contributed by atoms with E-state index in [2.05, 4.69) is 0 Å². The quantitative estimate of drug-likeness (QED) is 0.857. The predicted octanol–water partition coefficient (Wildman–Crippen LogP) is 2.03. The Morgan fingerprint density at radius 1 is 1.26 bits per heavy atom. The third-order valence-corrected chi connectivity index (χ3v) is 2.72. The molecule has 0 heterocycles. The molecule has 2 N–H and O–H groups in total. The van der Waals surface area contributed by atoms with Crippen LogP contribution in [0.5, 0.6) is 11.5 Å². The molecule has 0 bridgehead atoms. The number of alkyl halides is 1. The first-order valence-corrected chi connectivity index (χ1v) is 5.58. The zero-order valence-corrected chi connectivity index (χ0v) is 11.2. The third-order valence-electron chi connectivity index (χ3n) is 2.72. The Balaban J connectivity index is 3.53. The average molecular weight is 272 g/mol. The first-order valence-electron chi connectivity index (χ1n) is 5.58. The van der Waals surface area contributed by atoms with E-state index in [1.807, 2.05) is 0 Å². The highest BCUT2D eigenvalue weighted by molar-refractivity contribution is 5.75. The summed E-state index contributed by atoms with van der Waals surface area (Å²) in [7, 11) is 2.76. The van der Waals surface area contributed by atoms with Crippen molar-refractivity contribution < 1.29 is 28.9 Å². The molecule has 0 spiro atoms. The van der Waals surface area contributed by atoms with E-state index in [4.69, 9.17) is 14.6 Å². The Kier molecular flexibility index (Phi) is 4.36. The molecule has 0 fully saturated rings. The van der Waals surface area contributed by atoms with Gasteiger partial charge in [-0.15, -0.1) is 0 Å². The minimum absolute atomic E-state index is 0.0417. The van der Waals surface area contributed by atoms with Crippen LogP contribution in [0.2, 0.25) is 0 Å². The molecule has 0 saturated heterocycles. The van der Waals surface area contributed by atoms with Crippen molar-refractivity contribution >= 4 is 5.97 Å². The topological polar surface area (TPSA) is 76.0 Å². The van der Waals surface area contributed by atoms with Crippen LogP contribution in [-0.2, 0) is 10.5 Å². The van der Waals surface area contributed by atoms with Gasteiger partial charge in [0.1, 0.15) is 5.67 Å². The maximum atomic E-state index is 14.2. The molecular weight excluding hydrogens is 255 g/mol. The number of halogens is 1. The largest absolute Gasteiger partial charge is 0.493 e. The minimum atomic E-state index is -1.83. The fourth-order valence-corrected chi connectivity index (χ4v) is 1.77. The van der Waals surface area contributed by atoms with Gasteiger partial charge in [-0.2, -0.15) is 0 Å². The van der Waals surface area contributed by atoms with Gasteiger partial charge < -0.3 is 19.7 Å². The van der Waals surface area contributed by atoms with Crippen molar-refractivity contribution in [2.45, 2.75) is 25.6 Å². The smallest absolute Gasteiger partial charge is 0.337 e. The molecule has 106 valence electrons. The molecule has 1 rings (SSSR count). The van der Waals surface area contributed by atoms with Crippen LogP contribution in [0.3, 0.4) is 0 Å². The highest BCUT2D eigenvalue weighted by atomic mass is 19.1. The van der Waals surface area contributed by atoms with Crippen LogP contribution in [0.15, 0.2) is 12.1 Å². The Morgan fingerprint density at radius 3 is 2.11 bits per heavy atom. The molecule has 6 heteroatoms. The second-order valence-corrected chi connectivity index (χ2v) is 4.51. The van der Waals surface area contributed by atoms with E-state index >= 15 is 0 Å². The number of ether oxygens (including phenoxy) is 2. The van der Waals surface area contributed by atoms with Crippen LogP contribution in [0.1, 0.15) is 31.1 Å². The van der Waals surface area contributed by atoms with Crippen molar-refractivity contribution in [1.82, 2.24) is 0 Å². The summed E-state index contributed by atoms with van der Waals surface area (Å²) in [5.74, 6) is -0.965. The predicted molar refractivity (Wildman–Crippen MR) is 66.3 cm³/mol. The zero-order chi connectivity index (χ0) is 14.8. The van der Waals surface area contributed by atoms with E-state index < -0.39 is 17.7 Å². The molecule has 0 aliphatic rings. The normalized spacial score (nSPS) is 12.9. The number of carbonyl (C=O) groups is 1. The summed E-state index contributed by atoms with van der Waals surface area (Å²) in [5.41, 5.74) is -1.84. The Bertz CT molecular complexity index is 479. The van der Waals surface area contributed by atoms with Crippen molar-refractivity contribution in [2.24, 2.45) is 0 Å². The van der Waals surface area contributed by atoms with Crippen molar-refractivity contribution in [1.29, 1.82) is 0 Å². The van der Waals surface area contributed by atoms with Crippen molar-refractivity contribution in [3.05, 3.63) is 23.3 Å². The minimum Gasteiger partial charge on any atom is -0.493 e. The first-order chi connectivity index (χ1) is 8.72. The fourth-order valence-electron chi connectivity index (χ4n) is 1.77. The Labute approximate surface area is 110 Å². The molecule has 1 aromatic rings. The number of methoxy groups -OCH3 is 2. The number of carboxylic acid groups (broad SMARTS) is 1. The molecule has 19 heavy (non-hydrogen) atoms. The van der Waals surface area contributed by atoms with Crippen LogP contribution in [-0.4, -0.2) is 30.4 Å². The van der Waals surface area contributed by atoms with Gasteiger partial charge in [0.2, 0.25) is 0 Å². The average Bonchev–Trinajstić information content (AvgIpc) is 2.34. The fraction of sp³-hybridized carbons (Fsp3) is 0.462. The lowest BCUT2D eigenvalue weighted by atomic mass is 9.91. The Morgan fingerprint density at radius 2 is 1.74 bits per heavy atom. The summed E-state index contributed by atoms with van der Waals surface area (Å²) in [5, 5.41) is 18.5. The van der Waals surface area contributed by atoms with E-state index in [1.54, 1.807) is 0 Å². The molecule has 0 amide bonds. The van der Waals surface area contributed by atoms with Crippen molar-refractivity contribution in [3.8, 4) is 11.5 Å². The molecule has 0 aliphatic carbocycles. The second-order valence-electron chi connectivity index (χ2n) is 4.51. The zero-order valence-electron chi connectivity index (χ0n) is 11.2. The number of aliphatic hydroxyl groups is 1. The highest BCUT2D eigenvalue weighted by Crippen LogP contribution is 2.39. The molecule has 1 unspecified atom stereocenters. The number of rotatable bonds is 5.